The van der Waals surface area contributed by atoms with Crippen molar-refractivity contribution < 1.29 is 4.74 Å². The molecule has 0 saturated carbocycles. The van der Waals surface area contributed by atoms with E-state index in [1.807, 2.05) is 0 Å². The normalized spacial score (nSPS) is 28.4. The molecule has 1 aromatic heterocycles. The summed E-state index contributed by atoms with van der Waals surface area (Å²) in [7, 11) is 0. The van der Waals surface area contributed by atoms with Crippen molar-refractivity contribution in [3.63, 3.8) is 0 Å². The predicted octanol–water partition coefficient (Wildman–Crippen LogP) is 3.38. The van der Waals surface area contributed by atoms with E-state index in [2.05, 4.69) is 4.98 Å². The largest absolute Gasteiger partial charge is 0.380 e. The van der Waals surface area contributed by atoms with Gasteiger partial charge in [0.2, 0.25) is 0 Å². The van der Waals surface area contributed by atoms with Crippen LogP contribution < -0.4 is 0 Å². The van der Waals surface area contributed by atoms with Gasteiger partial charge in [0.25, 0.3) is 0 Å². The van der Waals surface area contributed by atoms with E-state index in [1.54, 1.807) is 6.07 Å². The molecule has 0 N–H and O–H groups in total. The summed E-state index contributed by atoms with van der Waals surface area (Å²) < 4.78 is 5.55. The van der Waals surface area contributed by atoms with E-state index in [1.165, 1.54) is 12.0 Å². The van der Waals surface area contributed by atoms with Crippen molar-refractivity contribution in [1.82, 2.24) is 4.98 Å². The molecule has 1 spiro atoms. The molecule has 4 heteroatoms. The van der Waals surface area contributed by atoms with Crippen LogP contribution in [-0.4, -0.2) is 18.2 Å². The Hall–Kier alpha value is -0.310. The highest BCUT2D eigenvalue weighted by atomic mass is 35.5. The predicted molar refractivity (Wildman–Crippen MR) is 64.3 cm³/mol. The molecule has 0 aromatic carbocycles. The Morgan fingerprint density at radius 1 is 1.31 bits per heavy atom. The zero-order valence-corrected chi connectivity index (χ0v) is 10.4. The summed E-state index contributed by atoms with van der Waals surface area (Å²) in [5.41, 5.74) is 2.36. The van der Waals surface area contributed by atoms with Crippen molar-refractivity contribution in [3.05, 3.63) is 27.5 Å². The van der Waals surface area contributed by atoms with Crippen molar-refractivity contribution in [1.29, 1.82) is 0 Å². The van der Waals surface area contributed by atoms with E-state index < -0.39 is 0 Å². The number of fused-ring (bicyclic) bond motifs is 2. The van der Waals surface area contributed by atoms with E-state index in [4.69, 9.17) is 27.9 Å². The molecule has 0 amide bonds. The number of hydrogen-bond acceptors (Lipinski definition) is 2. The van der Waals surface area contributed by atoms with Gasteiger partial charge in [-0.15, -0.1) is 0 Å². The average molecular weight is 258 g/mol. The minimum absolute atomic E-state index is 0.0854. The number of halogens is 2. The van der Waals surface area contributed by atoms with Gasteiger partial charge in [0.1, 0.15) is 5.15 Å². The zero-order chi connectivity index (χ0) is 11.2. The minimum atomic E-state index is 0.0854. The third-order valence-electron chi connectivity index (χ3n) is 3.73. The van der Waals surface area contributed by atoms with E-state index in [0.717, 1.165) is 43.2 Å². The maximum absolute atomic E-state index is 6.24. The van der Waals surface area contributed by atoms with Crippen molar-refractivity contribution in [3.8, 4) is 0 Å². The molecule has 86 valence electrons. The van der Waals surface area contributed by atoms with Gasteiger partial charge < -0.3 is 4.74 Å². The first kappa shape index (κ1) is 10.8. The molecular weight excluding hydrogens is 245 g/mol. The van der Waals surface area contributed by atoms with Gasteiger partial charge in [0, 0.05) is 17.0 Å². The quantitative estimate of drug-likeness (QED) is 0.665. The Morgan fingerprint density at radius 2 is 2.19 bits per heavy atom. The van der Waals surface area contributed by atoms with Crippen LogP contribution in [0.25, 0.3) is 0 Å². The third kappa shape index (κ3) is 1.55. The highest BCUT2D eigenvalue weighted by Crippen LogP contribution is 2.44. The van der Waals surface area contributed by atoms with Crippen molar-refractivity contribution in [2.75, 3.05) is 13.2 Å². The number of pyridine rings is 1. The van der Waals surface area contributed by atoms with Crippen LogP contribution in [-0.2, 0) is 16.6 Å². The average Bonchev–Trinajstić information content (AvgIpc) is 2.69. The standard InChI is InChI=1S/C12H13Cl2NO/c13-9-6-10(14)15-11-8(9)2-1-3-12(11)4-5-16-7-12/h6H,1-5,7H2. The van der Waals surface area contributed by atoms with E-state index >= 15 is 0 Å². The summed E-state index contributed by atoms with van der Waals surface area (Å²) in [6, 6.07) is 1.75. The van der Waals surface area contributed by atoms with Crippen LogP contribution in [0.2, 0.25) is 10.2 Å². The molecule has 1 aromatic rings. The topological polar surface area (TPSA) is 22.1 Å². The van der Waals surface area contributed by atoms with Crippen LogP contribution in [0.3, 0.4) is 0 Å². The summed E-state index contributed by atoms with van der Waals surface area (Å²) in [6.45, 7) is 1.59. The molecule has 1 aliphatic carbocycles. The van der Waals surface area contributed by atoms with Crippen LogP contribution in [0, 0.1) is 0 Å². The van der Waals surface area contributed by atoms with Crippen LogP contribution >= 0.6 is 23.2 Å². The molecule has 0 radical (unpaired) electrons. The van der Waals surface area contributed by atoms with Crippen molar-refractivity contribution in [2.24, 2.45) is 0 Å². The van der Waals surface area contributed by atoms with Gasteiger partial charge in [-0.25, -0.2) is 4.98 Å². The van der Waals surface area contributed by atoms with E-state index in [0.29, 0.717) is 5.15 Å². The second-order valence-corrected chi connectivity index (χ2v) is 5.48. The number of ether oxygens (including phenoxy) is 1. The minimum Gasteiger partial charge on any atom is -0.380 e. The SMILES string of the molecule is Clc1cc(Cl)c2c(n1)C1(CCC2)CCOC1. The summed E-state index contributed by atoms with van der Waals surface area (Å²) in [5, 5.41) is 1.26. The van der Waals surface area contributed by atoms with Gasteiger partial charge in [-0.05, 0) is 37.3 Å². The third-order valence-corrected chi connectivity index (χ3v) is 4.26. The molecule has 2 nitrogen and oxygen atoms in total. The van der Waals surface area contributed by atoms with Gasteiger partial charge >= 0.3 is 0 Å². The lowest BCUT2D eigenvalue weighted by Gasteiger charge is -2.33. The highest BCUT2D eigenvalue weighted by Gasteiger charge is 2.42. The van der Waals surface area contributed by atoms with Crippen LogP contribution in [0.1, 0.15) is 30.5 Å². The molecule has 1 unspecified atom stereocenters. The van der Waals surface area contributed by atoms with Crippen molar-refractivity contribution in [2.45, 2.75) is 31.1 Å². The maximum Gasteiger partial charge on any atom is 0.130 e. The molecule has 2 heterocycles. The van der Waals surface area contributed by atoms with Crippen LogP contribution in [0.4, 0.5) is 0 Å². The fourth-order valence-electron chi connectivity index (χ4n) is 2.90. The van der Waals surface area contributed by atoms with Gasteiger partial charge in [0.05, 0.1) is 12.3 Å². The Labute approximate surface area is 105 Å². The summed E-state index contributed by atoms with van der Waals surface area (Å²) >= 11 is 12.3. The Kier molecular flexibility index (Phi) is 2.61. The molecular formula is C12H13Cl2NO. The van der Waals surface area contributed by atoms with E-state index in [-0.39, 0.29) is 5.41 Å². The molecule has 16 heavy (non-hydrogen) atoms. The lowest BCUT2D eigenvalue weighted by molar-refractivity contribution is 0.170. The molecule has 1 aliphatic heterocycles. The summed E-state index contributed by atoms with van der Waals surface area (Å²) in [5.74, 6) is 0. The Morgan fingerprint density at radius 3 is 2.94 bits per heavy atom. The number of rotatable bonds is 0. The molecule has 3 rings (SSSR count). The van der Waals surface area contributed by atoms with Gasteiger partial charge in [0.15, 0.2) is 0 Å². The number of aromatic nitrogens is 1. The first-order valence-corrected chi connectivity index (χ1v) is 6.40. The fraction of sp³-hybridized carbons (Fsp3) is 0.583. The Bertz CT molecular complexity index is 427. The van der Waals surface area contributed by atoms with Gasteiger partial charge in [-0.1, -0.05) is 23.2 Å². The molecule has 1 atom stereocenters. The zero-order valence-electron chi connectivity index (χ0n) is 8.93. The van der Waals surface area contributed by atoms with E-state index in [9.17, 15) is 0 Å². The second kappa shape index (κ2) is 3.86. The van der Waals surface area contributed by atoms with Crippen molar-refractivity contribution >= 4 is 23.2 Å². The number of hydrogen-bond donors (Lipinski definition) is 0. The lowest BCUT2D eigenvalue weighted by Crippen LogP contribution is -2.32. The fourth-order valence-corrected chi connectivity index (χ4v) is 3.44. The van der Waals surface area contributed by atoms with Gasteiger partial charge in [-0.3, -0.25) is 0 Å². The molecule has 2 aliphatic rings. The number of nitrogens with zero attached hydrogens (tertiary/aromatic N) is 1. The summed E-state index contributed by atoms with van der Waals surface area (Å²) in [4.78, 5) is 4.51. The first-order valence-electron chi connectivity index (χ1n) is 5.64. The smallest absolute Gasteiger partial charge is 0.130 e. The van der Waals surface area contributed by atoms with Crippen LogP contribution in [0.5, 0.6) is 0 Å². The first-order chi connectivity index (χ1) is 7.71. The highest BCUT2D eigenvalue weighted by molar-refractivity contribution is 6.34. The maximum atomic E-state index is 6.24. The summed E-state index contributed by atoms with van der Waals surface area (Å²) in [6.07, 6.45) is 4.37. The molecule has 0 bridgehead atoms. The molecule has 1 saturated heterocycles. The molecule has 1 fully saturated rings. The van der Waals surface area contributed by atoms with Crippen LogP contribution in [0.15, 0.2) is 6.07 Å². The van der Waals surface area contributed by atoms with Gasteiger partial charge in [-0.2, -0.15) is 0 Å². The monoisotopic (exact) mass is 257 g/mol. The Balaban J connectivity index is 2.17. The lowest BCUT2D eigenvalue weighted by atomic mass is 9.72. The second-order valence-electron chi connectivity index (χ2n) is 4.69.